The summed E-state index contributed by atoms with van der Waals surface area (Å²) in [6.07, 6.45) is 6.53. The van der Waals surface area contributed by atoms with E-state index in [1.807, 2.05) is 6.92 Å². The Bertz CT molecular complexity index is 1710. The summed E-state index contributed by atoms with van der Waals surface area (Å²) >= 11 is 0. The minimum Gasteiger partial charge on any atom is -0.434 e. The molecule has 12 heteroatoms. The van der Waals surface area contributed by atoms with Crippen molar-refractivity contribution < 1.29 is 18.3 Å². The summed E-state index contributed by atoms with van der Waals surface area (Å²) in [5.74, 6) is -0.314. The Kier molecular flexibility index (Phi) is 4.84. The van der Waals surface area contributed by atoms with Crippen molar-refractivity contribution >= 4 is 11.6 Å². The second-order valence-electron chi connectivity index (χ2n) is 10.7. The van der Waals surface area contributed by atoms with Crippen molar-refractivity contribution in [2.75, 3.05) is 0 Å². The number of carbonyl (C=O) groups is 1. The number of halogens is 2. The van der Waals surface area contributed by atoms with Gasteiger partial charge in [0.15, 0.2) is 5.65 Å². The van der Waals surface area contributed by atoms with Gasteiger partial charge in [-0.2, -0.15) is 13.9 Å². The number of nitrogens with zero attached hydrogens (tertiary/aromatic N) is 6. The number of fused-ring (bicyclic) bond motifs is 9. The molecule has 0 radical (unpaired) electrons. The molecule has 1 aliphatic heterocycles. The number of nitrogens with two attached hydrogens (primary N) is 1. The summed E-state index contributed by atoms with van der Waals surface area (Å²) in [4.78, 5) is 30.4. The molecule has 3 N–H and O–H groups in total. The third kappa shape index (κ3) is 3.50. The molecule has 4 aromatic rings. The van der Waals surface area contributed by atoms with E-state index in [4.69, 9.17) is 22.0 Å². The highest BCUT2D eigenvalue weighted by molar-refractivity contribution is 5.98. The number of hydrogen-bond acceptors (Lipinski definition) is 7. The first-order chi connectivity index (χ1) is 18.7. The fourth-order valence-electron chi connectivity index (χ4n) is 6.37. The van der Waals surface area contributed by atoms with Crippen LogP contribution in [-0.2, 0) is 5.54 Å². The van der Waals surface area contributed by atoms with Gasteiger partial charge in [-0.15, -0.1) is 0 Å². The number of benzene rings is 1. The first-order valence-corrected chi connectivity index (χ1v) is 12.5. The van der Waals surface area contributed by atoms with E-state index >= 15 is 0 Å². The first kappa shape index (κ1) is 23.6. The molecule has 2 aliphatic carbocycles. The van der Waals surface area contributed by atoms with Crippen molar-refractivity contribution in [2.24, 2.45) is 5.73 Å². The molecule has 4 heterocycles. The normalized spacial score (nSPS) is 26.8. The summed E-state index contributed by atoms with van der Waals surface area (Å²) in [6.45, 7) is 6.20. The lowest BCUT2D eigenvalue weighted by Gasteiger charge is -2.43. The van der Waals surface area contributed by atoms with Crippen LogP contribution in [0.4, 0.5) is 8.78 Å². The smallest absolute Gasteiger partial charge is 0.387 e. The predicted octanol–water partition coefficient (Wildman–Crippen LogP) is 3.73. The topological polar surface area (TPSA) is 125 Å². The van der Waals surface area contributed by atoms with Gasteiger partial charge in [-0.3, -0.25) is 4.79 Å². The van der Waals surface area contributed by atoms with Gasteiger partial charge < -0.3 is 20.6 Å². The van der Waals surface area contributed by atoms with Crippen molar-refractivity contribution in [2.45, 2.75) is 55.8 Å². The number of amides is 1. The van der Waals surface area contributed by atoms with Crippen LogP contribution in [0.25, 0.3) is 21.7 Å². The molecule has 0 saturated heterocycles. The largest absolute Gasteiger partial charge is 0.434 e. The Labute approximate surface area is 221 Å². The molecule has 1 saturated carbocycles. The zero-order valence-electron chi connectivity index (χ0n) is 20.7. The average molecular weight is 529 g/mol. The second-order valence-corrected chi connectivity index (χ2v) is 10.7. The third-order valence-electron chi connectivity index (χ3n) is 7.94. The van der Waals surface area contributed by atoms with Crippen molar-refractivity contribution in [3.8, 4) is 17.0 Å². The molecule has 1 aromatic carbocycles. The van der Waals surface area contributed by atoms with Crippen LogP contribution in [0.15, 0.2) is 42.9 Å². The maximum absolute atomic E-state index is 13.3. The lowest BCUT2D eigenvalue weighted by Crippen LogP contribution is -2.57. The standard InChI is InChI=1S/C27H22F2N8O2/c1-26(31-2)11-27(30,12-26)24-32-9-13(10-33-24)16-6-7-37-22(34-16)20-15-8-17(21(20)36-37)35-23(38)14-4-3-5-18(19(14)15)39-25(28)29/h3-7,9-10,15,17,25H,8,11-12,30H2,1H3,(H,35,38)/t15-,17-,26?,27?/m1/s1. The first-order valence-electron chi connectivity index (χ1n) is 12.5. The van der Waals surface area contributed by atoms with Gasteiger partial charge in [0, 0.05) is 53.7 Å². The Hall–Kier alpha value is -4.50. The summed E-state index contributed by atoms with van der Waals surface area (Å²) in [5.41, 5.74) is 9.18. The molecule has 1 fully saturated rings. The maximum atomic E-state index is 13.3. The minimum absolute atomic E-state index is 0.0309. The van der Waals surface area contributed by atoms with E-state index in [-0.39, 0.29) is 17.7 Å². The van der Waals surface area contributed by atoms with Gasteiger partial charge >= 0.3 is 6.61 Å². The van der Waals surface area contributed by atoms with Crippen LogP contribution in [0.1, 0.15) is 71.1 Å². The fraction of sp³-hybridized carbons (Fsp3) is 0.333. The molecule has 3 aromatic heterocycles. The Morgan fingerprint density at radius 2 is 2.00 bits per heavy atom. The second kappa shape index (κ2) is 8.00. The Morgan fingerprint density at radius 3 is 2.72 bits per heavy atom. The number of alkyl halides is 2. The molecule has 2 atom stereocenters. The van der Waals surface area contributed by atoms with Gasteiger partial charge in [-0.1, -0.05) is 6.07 Å². The van der Waals surface area contributed by atoms with Gasteiger partial charge in [-0.25, -0.2) is 26.0 Å². The summed E-state index contributed by atoms with van der Waals surface area (Å²) in [6, 6.07) is 5.99. The van der Waals surface area contributed by atoms with E-state index < -0.39 is 23.6 Å². The molecule has 3 aliphatic rings. The van der Waals surface area contributed by atoms with E-state index in [0.29, 0.717) is 58.8 Å². The van der Waals surface area contributed by atoms with Crippen LogP contribution < -0.4 is 15.8 Å². The van der Waals surface area contributed by atoms with Crippen molar-refractivity contribution in [1.82, 2.24) is 29.9 Å². The lowest BCUT2D eigenvalue weighted by atomic mass is 9.64. The number of hydrogen-bond donors (Lipinski definition) is 2. The van der Waals surface area contributed by atoms with Crippen LogP contribution in [0.3, 0.4) is 0 Å². The SMILES string of the molecule is [C-]#[N+]C1(C)CC(N)(c2ncc(-c3ccn4nc5c(c4n3)[C@@H]3C[C@H]5NC(=O)c4cccc(OC(F)F)c43)cn2)C1. The fourth-order valence-corrected chi connectivity index (χ4v) is 6.37. The monoisotopic (exact) mass is 528 g/mol. The summed E-state index contributed by atoms with van der Waals surface area (Å²) < 4.78 is 33.0. The molecule has 7 rings (SSSR count). The molecule has 39 heavy (non-hydrogen) atoms. The van der Waals surface area contributed by atoms with Crippen molar-refractivity contribution in [3.63, 3.8) is 0 Å². The van der Waals surface area contributed by atoms with E-state index in [1.165, 1.54) is 12.1 Å². The Morgan fingerprint density at radius 1 is 1.23 bits per heavy atom. The number of nitrogens with one attached hydrogen (secondary N) is 1. The van der Waals surface area contributed by atoms with E-state index in [9.17, 15) is 13.6 Å². The number of carbonyl (C=O) groups excluding carboxylic acids is 1. The molecular weight excluding hydrogens is 506 g/mol. The van der Waals surface area contributed by atoms with Crippen LogP contribution in [0.5, 0.6) is 5.75 Å². The summed E-state index contributed by atoms with van der Waals surface area (Å²) in [5, 5.41) is 7.65. The number of rotatable bonds is 4. The van der Waals surface area contributed by atoms with Crippen LogP contribution in [0, 0.1) is 6.57 Å². The lowest BCUT2D eigenvalue weighted by molar-refractivity contribution is -0.0505. The molecule has 196 valence electrons. The van der Waals surface area contributed by atoms with Gasteiger partial charge in [0.05, 0.1) is 35.8 Å². The molecular formula is C27H22F2N8O2. The highest BCUT2D eigenvalue weighted by Crippen LogP contribution is 2.51. The van der Waals surface area contributed by atoms with Crippen LogP contribution >= 0.6 is 0 Å². The molecule has 10 nitrogen and oxygen atoms in total. The molecule has 1 amide bonds. The third-order valence-corrected chi connectivity index (χ3v) is 7.94. The van der Waals surface area contributed by atoms with Crippen LogP contribution in [0.2, 0.25) is 0 Å². The van der Waals surface area contributed by atoms with Gasteiger partial charge in [0.2, 0.25) is 5.54 Å². The van der Waals surface area contributed by atoms with Crippen molar-refractivity contribution in [3.05, 3.63) is 82.5 Å². The maximum Gasteiger partial charge on any atom is 0.387 e. The zero-order chi connectivity index (χ0) is 27.1. The highest BCUT2D eigenvalue weighted by atomic mass is 19.3. The summed E-state index contributed by atoms with van der Waals surface area (Å²) in [7, 11) is 0. The minimum atomic E-state index is -3.03. The van der Waals surface area contributed by atoms with Gasteiger partial charge in [-0.05, 0) is 24.6 Å². The molecule has 0 spiro atoms. The number of aromatic nitrogens is 5. The highest BCUT2D eigenvalue weighted by Gasteiger charge is 2.57. The van der Waals surface area contributed by atoms with Crippen molar-refractivity contribution in [1.29, 1.82) is 0 Å². The van der Waals surface area contributed by atoms with Gasteiger partial charge in [0.1, 0.15) is 11.6 Å². The number of ether oxygens (including phenoxy) is 1. The van der Waals surface area contributed by atoms with Gasteiger partial charge in [0.25, 0.3) is 5.91 Å². The van der Waals surface area contributed by atoms with E-state index in [1.54, 1.807) is 35.2 Å². The van der Waals surface area contributed by atoms with E-state index in [0.717, 1.165) is 5.56 Å². The van der Waals surface area contributed by atoms with Crippen LogP contribution in [-0.4, -0.2) is 42.6 Å². The molecule has 0 unspecified atom stereocenters. The zero-order valence-corrected chi connectivity index (χ0v) is 20.7. The molecule has 2 bridgehead atoms. The predicted molar refractivity (Wildman–Crippen MR) is 134 cm³/mol. The quantitative estimate of drug-likeness (QED) is 0.387. The van der Waals surface area contributed by atoms with E-state index in [2.05, 4.69) is 25.2 Å². The Balaban J connectivity index is 1.29. The average Bonchev–Trinajstić information content (AvgIpc) is 3.39.